The number of amides is 1. The van der Waals surface area contributed by atoms with Crippen LogP contribution in [0.15, 0.2) is 29.4 Å². The van der Waals surface area contributed by atoms with Crippen molar-refractivity contribution in [2.24, 2.45) is 0 Å². The zero-order valence-corrected chi connectivity index (χ0v) is 14.3. The first-order chi connectivity index (χ1) is 11.1. The molecule has 1 aliphatic rings. The highest BCUT2D eigenvalue weighted by atomic mass is 32.2. The summed E-state index contributed by atoms with van der Waals surface area (Å²) in [5.41, 5.74) is 2.06. The SMILES string of the molecule is Cc1cccc(-n2nnnc2SCC(=O)N2CCCC[C@@H]2C)c1. The van der Waals surface area contributed by atoms with E-state index in [0.717, 1.165) is 30.6 Å². The van der Waals surface area contributed by atoms with Gasteiger partial charge in [-0.2, -0.15) is 4.68 Å². The number of likely N-dealkylation sites (tertiary alicyclic amines) is 1. The van der Waals surface area contributed by atoms with Crippen LogP contribution >= 0.6 is 11.8 Å². The van der Waals surface area contributed by atoms with Gasteiger partial charge in [0.05, 0.1) is 11.4 Å². The molecule has 6 nitrogen and oxygen atoms in total. The highest BCUT2D eigenvalue weighted by molar-refractivity contribution is 7.99. The summed E-state index contributed by atoms with van der Waals surface area (Å²) < 4.78 is 1.69. The van der Waals surface area contributed by atoms with Crippen LogP contribution in [0.1, 0.15) is 31.7 Å². The number of rotatable bonds is 4. The zero-order valence-electron chi connectivity index (χ0n) is 13.5. The molecular formula is C16H21N5OS. The minimum absolute atomic E-state index is 0.168. The van der Waals surface area contributed by atoms with Gasteiger partial charge in [-0.05, 0) is 61.2 Å². The molecule has 2 heterocycles. The van der Waals surface area contributed by atoms with Crippen molar-refractivity contribution in [1.29, 1.82) is 0 Å². The molecule has 0 bridgehead atoms. The van der Waals surface area contributed by atoms with Gasteiger partial charge in [-0.1, -0.05) is 23.9 Å². The van der Waals surface area contributed by atoms with Crippen molar-refractivity contribution in [3.63, 3.8) is 0 Å². The molecule has 1 aromatic heterocycles. The van der Waals surface area contributed by atoms with Gasteiger partial charge in [0.1, 0.15) is 0 Å². The van der Waals surface area contributed by atoms with Gasteiger partial charge in [-0.15, -0.1) is 5.10 Å². The molecule has 2 aromatic rings. The molecule has 0 saturated carbocycles. The summed E-state index contributed by atoms with van der Waals surface area (Å²) in [5, 5.41) is 12.5. The molecule has 1 fully saturated rings. The summed E-state index contributed by atoms with van der Waals surface area (Å²) >= 11 is 1.39. The molecule has 0 radical (unpaired) electrons. The Bertz CT molecular complexity index is 687. The monoisotopic (exact) mass is 331 g/mol. The van der Waals surface area contributed by atoms with Gasteiger partial charge in [0.15, 0.2) is 0 Å². The van der Waals surface area contributed by atoms with E-state index in [1.54, 1.807) is 4.68 Å². The summed E-state index contributed by atoms with van der Waals surface area (Å²) in [5.74, 6) is 0.539. The molecule has 23 heavy (non-hydrogen) atoms. The van der Waals surface area contributed by atoms with Crippen LogP contribution in [0.4, 0.5) is 0 Å². The summed E-state index contributed by atoms with van der Waals surface area (Å²) in [7, 11) is 0. The smallest absolute Gasteiger partial charge is 0.233 e. The molecule has 1 saturated heterocycles. The predicted octanol–water partition coefficient (Wildman–Crippen LogP) is 2.46. The van der Waals surface area contributed by atoms with E-state index in [9.17, 15) is 4.79 Å². The lowest BCUT2D eigenvalue weighted by molar-refractivity contribution is -0.131. The minimum atomic E-state index is 0.168. The number of tetrazole rings is 1. The van der Waals surface area contributed by atoms with Crippen molar-refractivity contribution in [1.82, 2.24) is 25.1 Å². The van der Waals surface area contributed by atoms with Gasteiger partial charge in [-0.3, -0.25) is 4.79 Å². The standard InChI is InChI=1S/C16H21N5OS/c1-12-6-5-8-14(10-12)21-16(17-18-19-21)23-11-15(22)20-9-4-3-7-13(20)2/h5-6,8,10,13H,3-4,7,9,11H2,1-2H3/t13-/m0/s1. The molecule has 3 rings (SSSR count). The number of carbonyl (C=O) groups is 1. The van der Waals surface area contributed by atoms with Crippen molar-refractivity contribution >= 4 is 17.7 Å². The summed E-state index contributed by atoms with van der Waals surface area (Å²) in [6.45, 7) is 5.02. The number of aryl methyl sites for hydroxylation is 1. The van der Waals surface area contributed by atoms with Gasteiger partial charge in [0.25, 0.3) is 0 Å². The number of carbonyl (C=O) groups excluding carboxylic acids is 1. The second-order valence-corrected chi connectivity index (χ2v) is 6.88. The molecule has 122 valence electrons. The lowest BCUT2D eigenvalue weighted by Crippen LogP contribution is -2.42. The first kappa shape index (κ1) is 16.0. The second kappa shape index (κ2) is 7.12. The summed E-state index contributed by atoms with van der Waals surface area (Å²) in [6.07, 6.45) is 3.41. The Balaban J connectivity index is 1.67. The van der Waals surface area contributed by atoms with Crippen LogP contribution in [-0.4, -0.2) is 49.4 Å². The molecule has 1 aliphatic heterocycles. The Labute approximate surface area is 140 Å². The third-order valence-electron chi connectivity index (χ3n) is 4.14. The predicted molar refractivity (Wildman–Crippen MR) is 89.6 cm³/mol. The maximum Gasteiger partial charge on any atom is 0.233 e. The Morgan fingerprint density at radius 1 is 1.39 bits per heavy atom. The molecule has 0 N–H and O–H groups in total. The Hall–Kier alpha value is -1.89. The first-order valence-electron chi connectivity index (χ1n) is 7.93. The van der Waals surface area contributed by atoms with Crippen LogP contribution in [0.3, 0.4) is 0 Å². The van der Waals surface area contributed by atoms with Gasteiger partial charge in [-0.25, -0.2) is 0 Å². The van der Waals surface area contributed by atoms with E-state index in [2.05, 4.69) is 22.4 Å². The van der Waals surface area contributed by atoms with Crippen LogP contribution < -0.4 is 0 Å². The molecule has 1 aromatic carbocycles. The van der Waals surface area contributed by atoms with Crippen LogP contribution in [0, 0.1) is 6.92 Å². The number of thioether (sulfide) groups is 1. The molecule has 1 atom stereocenters. The quantitative estimate of drug-likeness (QED) is 0.805. The van der Waals surface area contributed by atoms with Crippen molar-refractivity contribution in [3.8, 4) is 5.69 Å². The Morgan fingerprint density at radius 2 is 2.26 bits per heavy atom. The van der Waals surface area contributed by atoms with E-state index in [-0.39, 0.29) is 5.91 Å². The van der Waals surface area contributed by atoms with E-state index in [0.29, 0.717) is 17.0 Å². The van der Waals surface area contributed by atoms with Crippen LogP contribution in [0.25, 0.3) is 5.69 Å². The third kappa shape index (κ3) is 3.72. The van der Waals surface area contributed by atoms with Crippen molar-refractivity contribution in [3.05, 3.63) is 29.8 Å². The number of aromatic nitrogens is 4. The Kier molecular flexibility index (Phi) is 4.95. The van der Waals surface area contributed by atoms with E-state index < -0.39 is 0 Å². The second-order valence-electron chi connectivity index (χ2n) is 5.93. The van der Waals surface area contributed by atoms with Crippen LogP contribution in [0.2, 0.25) is 0 Å². The van der Waals surface area contributed by atoms with Crippen LogP contribution in [-0.2, 0) is 4.79 Å². The fraction of sp³-hybridized carbons (Fsp3) is 0.500. The highest BCUT2D eigenvalue weighted by Gasteiger charge is 2.23. The lowest BCUT2D eigenvalue weighted by Gasteiger charge is -2.33. The van der Waals surface area contributed by atoms with Crippen LogP contribution in [0.5, 0.6) is 0 Å². The van der Waals surface area contributed by atoms with E-state index in [1.807, 2.05) is 36.1 Å². The maximum atomic E-state index is 12.4. The van der Waals surface area contributed by atoms with E-state index in [1.165, 1.54) is 18.2 Å². The minimum Gasteiger partial charge on any atom is -0.339 e. The van der Waals surface area contributed by atoms with Crippen molar-refractivity contribution in [2.75, 3.05) is 12.3 Å². The van der Waals surface area contributed by atoms with Crippen molar-refractivity contribution in [2.45, 2.75) is 44.3 Å². The van der Waals surface area contributed by atoms with Gasteiger partial charge in [0.2, 0.25) is 11.1 Å². The van der Waals surface area contributed by atoms with E-state index >= 15 is 0 Å². The fourth-order valence-corrected chi connectivity index (χ4v) is 3.65. The topological polar surface area (TPSA) is 63.9 Å². The Morgan fingerprint density at radius 3 is 3.04 bits per heavy atom. The van der Waals surface area contributed by atoms with Gasteiger partial charge in [0, 0.05) is 12.6 Å². The first-order valence-corrected chi connectivity index (χ1v) is 8.91. The fourth-order valence-electron chi connectivity index (χ4n) is 2.87. The maximum absolute atomic E-state index is 12.4. The van der Waals surface area contributed by atoms with Crippen molar-refractivity contribution < 1.29 is 4.79 Å². The molecule has 7 heteroatoms. The number of piperidine rings is 1. The molecule has 0 aliphatic carbocycles. The summed E-state index contributed by atoms with van der Waals surface area (Å²) in [6, 6.07) is 8.32. The van der Waals surface area contributed by atoms with Gasteiger partial charge < -0.3 is 4.90 Å². The van der Waals surface area contributed by atoms with Gasteiger partial charge >= 0.3 is 0 Å². The molecule has 0 spiro atoms. The largest absolute Gasteiger partial charge is 0.339 e. The normalized spacial score (nSPS) is 18.2. The number of hydrogen-bond donors (Lipinski definition) is 0. The molecule has 1 amide bonds. The van der Waals surface area contributed by atoms with E-state index in [4.69, 9.17) is 0 Å². The summed E-state index contributed by atoms with van der Waals surface area (Å²) in [4.78, 5) is 14.4. The number of hydrogen-bond acceptors (Lipinski definition) is 5. The molecule has 0 unspecified atom stereocenters. The number of benzene rings is 1. The third-order valence-corrected chi connectivity index (χ3v) is 5.04. The zero-order chi connectivity index (χ0) is 16.2. The molecular weight excluding hydrogens is 310 g/mol. The highest BCUT2D eigenvalue weighted by Crippen LogP contribution is 2.22. The number of nitrogens with zero attached hydrogens (tertiary/aromatic N) is 5. The average Bonchev–Trinajstić information content (AvgIpc) is 3.01. The average molecular weight is 331 g/mol. The lowest BCUT2D eigenvalue weighted by atomic mass is 10.0.